The molecule has 1 aliphatic heterocycles. The monoisotopic (exact) mass is 568 g/mol. The SMILES string of the molecule is CC1(C)Oc2c(Oc3ccccc3)cc(P(=O)(c3ccccc3)c3ccccc3)c(I)c2O1. The molecule has 4 aromatic carbocycles. The van der Waals surface area contributed by atoms with E-state index in [1.807, 2.05) is 111 Å². The summed E-state index contributed by atoms with van der Waals surface area (Å²) in [4.78, 5) is 0. The molecular formula is C27H22IO4P. The van der Waals surface area contributed by atoms with Crippen molar-refractivity contribution in [2.45, 2.75) is 19.6 Å². The Hall–Kier alpha value is -2.76. The van der Waals surface area contributed by atoms with Gasteiger partial charge in [0.2, 0.25) is 11.5 Å². The topological polar surface area (TPSA) is 44.8 Å². The van der Waals surface area contributed by atoms with E-state index in [0.717, 1.165) is 14.2 Å². The van der Waals surface area contributed by atoms with Gasteiger partial charge in [0.25, 0.3) is 0 Å². The van der Waals surface area contributed by atoms with Gasteiger partial charge in [-0.15, -0.1) is 0 Å². The minimum atomic E-state index is -3.24. The molecule has 0 saturated heterocycles. The molecule has 4 aromatic rings. The van der Waals surface area contributed by atoms with Crippen LogP contribution in [0.25, 0.3) is 0 Å². The number of hydrogen-bond donors (Lipinski definition) is 0. The molecule has 0 radical (unpaired) electrons. The van der Waals surface area contributed by atoms with Crippen molar-refractivity contribution in [3.05, 3.63) is 101 Å². The molecular weight excluding hydrogens is 546 g/mol. The minimum absolute atomic E-state index is 0.476. The second-order valence-corrected chi connectivity index (χ2v) is 12.0. The number of rotatable bonds is 5. The molecule has 166 valence electrons. The molecule has 0 fully saturated rings. The predicted octanol–water partition coefficient (Wildman–Crippen LogP) is 6.23. The summed E-state index contributed by atoms with van der Waals surface area (Å²) in [5.74, 6) is 1.35. The number of halogens is 1. The predicted molar refractivity (Wildman–Crippen MR) is 140 cm³/mol. The number of para-hydroxylation sites is 1. The first-order chi connectivity index (χ1) is 15.9. The highest BCUT2D eigenvalue weighted by Gasteiger charge is 2.41. The maximum atomic E-state index is 15.0. The number of benzene rings is 4. The highest BCUT2D eigenvalue weighted by atomic mass is 127. The Morgan fingerprint density at radius 2 is 1.24 bits per heavy atom. The van der Waals surface area contributed by atoms with E-state index in [4.69, 9.17) is 14.2 Å². The maximum absolute atomic E-state index is 15.0. The lowest BCUT2D eigenvalue weighted by Crippen LogP contribution is -2.30. The molecule has 33 heavy (non-hydrogen) atoms. The summed E-state index contributed by atoms with van der Waals surface area (Å²) in [6, 6.07) is 30.5. The van der Waals surface area contributed by atoms with Gasteiger partial charge in [0.1, 0.15) is 5.75 Å². The molecule has 1 aliphatic rings. The molecule has 5 rings (SSSR count). The van der Waals surface area contributed by atoms with Crippen molar-refractivity contribution in [3.8, 4) is 23.0 Å². The molecule has 0 amide bonds. The van der Waals surface area contributed by atoms with Gasteiger partial charge in [-0.3, -0.25) is 0 Å². The Morgan fingerprint density at radius 1 is 0.758 bits per heavy atom. The summed E-state index contributed by atoms with van der Waals surface area (Å²) in [5.41, 5.74) is 0. The molecule has 0 atom stereocenters. The van der Waals surface area contributed by atoms with E-state index in [-0.39, 0.29) is 0 Å². The fraction of sp³-hybridized carbons (Fsp3) is 0.111. The van der Waals surface area contributed by atoms with Gasteiger partial charge in [0.15, 0.2) is 18.6 Å². The summed E-state index contributed by atoms with van der Waals surface area (Å²) in [7, 11) is -3.24. The average molecular weight is 568 g/mol. The zero-order valence-corrected chi connectivity index (χ0v) is 21.2. The second-order valence-electron chi connectivity index (χ2n) is 8.17. The fourth-order valence-electron chi connectivity index (χ4n) is 3.90. The van der Waals surface area contributed by atoms with Gasteiger partial charge in [0.05, 0.1) is 3.57 Å². The molecule has 0 saturated carbocycles. The van der Waals surface area contributed by atoms with Gasteiger partial charge in [-0.1, -0.05) is 78.9 Å². The molecule has 0 unspecified atom stereocenters. The summed E-state index contributed by atoms with van der Waals surface area (Å²) in [6.45, 7) is 3.70. The molecule has 1 heterocycles. The van der Waals surface area contributed by atoms with Crippen LogP contribution in [-0.4, -0.2) is 5.79 Å². The van der Waals surface area contributed by atoms with Crippen LogP contribution >= 0.6 is 29.7 Å². The quantitative estimate of drug-likeness (QED) is 0.212. The molecule has 4 nitrogen and oxygen atoms in total. The van der Waals surface area contributed by atoms with Crippen molar-refractivity contribution >= 4 is 45.6 Å². The van der Waals surface area contributed by atoms with Crippen molar-refractivity contribution < 1.29 is 18.8 Å². The van der Waals surface area contributed by atoms with Crippen LogP contribution in [0.2, 0.25) is 0 Å². The van der Waals surface area contributed by atoms with Crippen LogP contribution in [-0.2, 0) is 4.57 Å². The normalized spacial score (nSPS) is 14.2. The molecule has 0 bridgehead atoms. The van der Waals surface area contributed by atoms with E-state index in [2.05, 4.69) is 22.6 Å². The van der Waals surface area contributed by atoms with Crippen molar-refractivity contribution in [2.75, 3.05) is 0 Å². The lowest BCUT2D eigenvalue weighted by atomic mass is 10.3. The highest BCUT2D eigenvalue weighted by molar-refractivity contribution is 14.1. The Kier molecular flexibility index (Phi) is 5.71. The summed E-state index contributed by atoms with van der Waals surface area (Å²) >= 11 is 2.22. The fourth-order valence-corrected chi connectivity index (χ4v) is 8.15. The highest BCUT2D eigenvalue weighted by Crippen LogP contribution is 2.54. The van der Waals surface area contributed by atoms with Gasteiger partial charge in [-0.25, -0.2) is 0 Å². The van der Waals surface area contributed by atoms with Gasteiger partial charge in [0, 0.05) is 29.8 Å². The van der Waals surface area contributed by atoms with Gasteiger partial charge in [-0.2, -0.15) is 0 Å². The largest absolute Gasteiger partial charge is 0.453 e. The van der Waals surface area contributed by atoms with Crippen LogP contribution < -0.4 is 30.1 Å². The summed E-state index contributed by atoms with van der Waals surface area (Å²) in [5, 5.41) is 2.15. The zero-order chi connectivity index (χ0) is 23.1. The molecule has 0 aliphatic carbocycles. The Morgan fingerprint density at radius 3 is 1.79 bits per heavy atom. The van der Waals surface area contributed by atoms with Crippen molar-refractivity contribution in [1.29, 1.82) is 0 Å². The lowest BCUT2D eigenvalue weighted by Gasteiger charge is -2.23. The zero-order valence-electron chi connectivity index (χ0n) is 18.2. The van der Waals surface area contributed by atoms with E-state index >= 15 is 4.57 Å². The van der Waals surface area contributed by atoms with Crippen LogP contribution in [0, 0.1) is 3.57 Å². The first-order valence-corrected chi connectivity index (χ1v) is 13.4. The molecule has 0 N–H and O–H groups in total. The summed E-state index contributed by atoms with van der Waals surface area (Å²) < 4.78 is 34.3. The van der Waals surface area contributed by atoms with E-state index < -0.39 is 12.9 Å². The number of ether oxygens (including phenoxy) is 3. The Balaban J connectivity index is 1.78. The van der Waals surface area contributed by atoms with Gasteiger partial charge < -0.3 is 18.8 Å². The van der Waals surface area contributed by atoms with Gasteiger partial charge >= 0.3 is 0 Å². The summed E-state index contributed by atoms with van der Waals surface area (Å²) in [6.07, 6.45) is 0. The van der Waals surface area contributed by atoms with Crippen molar-refractivity contribution in [1.82, 2.24) is 0 Å². The van der Waals surface area contributed by atoms with Crippen LogP contribution in [0.3, 0.4) is 0 Å². The van der Waals surface area contributed by atoms with Crippen molar-refractivity contribution in [2.24, 2.45) is 0 Å². The third-order valence-corrected chi connectivity index (χ3v) is 9.95. The second kappa shape index (κ2) is 8.54. The van der Waals surface area contributed by atoms with Crippen molar-refractivity contribution in [3.63, 3.8) is 0 Å². The first-order valence-electron chi connectivity index (χ1n) is 10.6. The minimum Gasteiger partial charge on any atom is -0.453 e. The number of fused-ring (bicyclic) bond motifs is 1. The smallest absolute Gasteiger partial charge is 0.246 e. The molecule has 0 spiro atoms. The standard InChI is InChI=1S/C27H22IO4P/c1-27(2)31-25-22(30-19-12-6-3-7-13-19)18-23(24(28)26(25)32-27)33(29,20-14-8-4-9-15-20)21-16-10-5-11-17-21/h3-18H,1-2H3. The number of hydrogen-bond acceptors (Lipinski definition) is 4. The lowest BCUT2D eigenvalue weighted by molar-refractivity contribution is -0.0441. The molecule has 0 aromatic heterocycles. The Labute approximate surface area is 207 Å². The van der Waals surface area contributed by atoms with Crippen LogP contribution in [0.15, 0.2) is 97.1 Å². The average Bonchev–Trinajstić information content (AvgIpc) is 3.18. The van der Waals surface area contributed by atoms with Crippen LogP contribution in [0.4, 0.5) is 0 Å². The maximum Gasteiger partial charge on any atom is 0.246 e. The first kappa shape index (κ1) is 22.1. The third-order valence-electron chi connectivity index (χ3n) is 5.37. The van der Waals surface area contributed by atoms with E-state index in [0.29, 0.717) is 28.3 Å². The van der Waals surface area contributed by atoms with Gasteiger partial charge in [-0.05, 0) is 40.8 Å². The van der Waals surface area contributed by atoms with Crippen LogP contribution in [0.5, 0.6) is 23.0 Å². The van der Waals surface area contributed by atoms with E-state index in [1.165, 1.54) is 0 Å². The van der Waals surface area contributed by atoms with Crippen LogP contribution in [0.1, 0.15) is 13.8 Å². The third kappa shape index (κ3) is 4.04. The van der Waals surface area contributed by atoms with E-state index in [1.54, 1.807) is 0 Å². The Bertz CT molecular complexity index is 1300. The van der Waals surface area contributed by atoms with E-state index in [9.17, 15) is 0 Å². The molecule has 6 heteroatoms.